The van der Waals surface area contributed by atoms with Crippen molar-refractivity contribution in [3.63, 3.8) is 0 Å². The Morgan fingerprint density at radius 1 is 1.12 bits per heavy atom. The molecular weight excluding hydrogens is 226 g/mol. The van der Waals surface area contributed by atoms with Crippen LogP contribution in [0.4, 0.5) is 0 Å². The van der Waals surface area contributed by atoms with E-state index in [1.54, 1.807) is 0 Å². The molecule has 4 nitrogen and oxygen atoms in total. The van der Waals surface area contributed by atoms with Crippen LogP contribution in [0.25, 0.3) is 0 Å². The summed E-state index contributed by atoms with van der Waals surface area (Å²) in [6, 6.07) is 0. The van der Waals surface area contributed by atoms with Crippen molar-refractivity contribution < 1.29 is 13.5 Å². The molecule has 0 aromatic rings. The highest BCUT2D eigenvalue weighted by Gasteiger charge is 2.55. The lowest BCUT2D eigenvalue weighted by molar-refractivity contribution is -0.0794. The minimum atomic E-state index is -3.06. The number of nitrogens with two attached hydrogens (primary N) is 1. The maximum Gasteiger partial charge on any atom is 0.153 e. The van der Waals surface area contributed by atoms with Gasteiger partial charge in [0.25, 0.3) is 0 Å². The van der Waals surface area contributed by atoms with Crippen LogP contribution in [0, 0.1) is 5.41 Å². The molecular formula is C11H21NO3S. The SMILES string of the molecule is NCC1(C2(O)CCS(=O)(=O)C2)CCCCC1. The van der Waals surface area contributed by atoms with E-state index in [0.29, 0.717) is 13.0 Å². The summed E-state index contributed by atoms with van der Waals surface area (Å²) in [5, 5.41) is 10.6. The predicted octanol–water partition coefficient (Wildman–Crippen LogP) is 0.445. The largest absolute Gasteiger partial charge is 0.388 e. The molecule has 16 heavy (non-hydrogen) atoms. The zero-order valence-electron chi connectivity index (χ0n) is 9.61. The Balaban J connectivity index is 2.27. The van der Waals surface area contributed by atoms with Crippen LogP contribution in [0.1, 0.15) is 38.5 Å². The smallest absolute Gasteiger partial charge is 0.153 e. The number of sulfone groups is 1. The van der Waals surface area contributed by atoms with Crippen molar-refractivity contribution in [3.05, 3.63) is 0 Å². The summed E-state index contributed by atoms with van der Waals surface area (Å²) in [5.41, 5.74) is 4.42. The first kappa shape index (κ1) is 12.3. The standard InChI is InChI=1S/C11H21NO3S/c12-8-10(4-2-1-3-5-10)11(13)6-7-16(14,15)9-11/h13H,1-9,12H2. The lowest BCUT2D eigenvalue weighted by atomic mass is 9.63. The molecule has 1 aliphatic carbocycles. The van der Waals surface area contributed by atoms with Gasteiger partial charge in [-0.2, -0.15) is 0 Å². The van der Waals surface area contributed by atoms with Gasteiger partial charge in [0.2, 0.25) is 0 Å². The van der Waals surface area contributed by atoms with E-state index >= 15 is 0 Å². The molecule has 0 aromatic heterocycles. The topological polar surface area (TPSA) is 80.4 Å². The molecule has 1 aliphatic heterocycles. The third-order valence-electron chi connectivity index (χ3n) is 4.47. The molecule has 0 radical (unpaired) electrons. The van der Waals surface area contributed by atoms with Crippen molar-refractivity contribution in [3.8, 4) is 0 Å². The van der Waals surface area contributed by atoms with Gasteiger partial charge in [0.1, 0.15) is 0 Å². The second-order valence-electron chi connectivity index (χ2n) is 5.42. The van der Waals surface area contributed by atoms with Crippen molar-refractivity contribution in [2.45, 2.75) is 44.1 Å². The van der Waals surface area contributed by atoms with Gasteiger partial charge in [0, 0.05) is 12.0 Å². The average molecular weight is 247 g/mol. The second-order valence-corrected chi connectivity index (χ2v) is 7.60. The van der Waals surface area contributed by atoms with Crippen LogP contribution in [0.2, 0.25) is 0 Å². The van der Waals surface area contributed by atoms with Crippen LogP contribution < -0.4 is 5.73 Å². The molecule has 2 rings (SSSR count). The monoisotopic (exact) mass is 247 g/mol. The van der Waals surface area contributed by atoms with Gasteiger partial charge >= 0.3 is 0 Å². The van der Waals surface area contributed by atoms with Gasteiger partial charge in [0.05, 0.1) is 17.1 Å². The first-order chi connectivity index (χ1) is 7.43. The van der Waals surface area contributed by atoms with Crippen LogP contribution in [-0.4, -0.2) is 37.2 Å². The van der Waals surface area contributed by atoms with E-state index in [1.165, 1.54) is 6.42 Å². The van der Waals surface area contributed by atoms with Gasteiger partial charge < -0.3 is 10.8 Å². The van der Waals surface area contributed by atoms with Gasteiger partial charge in [-0.1, -0.05) is 19.3 Å². The Morgan fingerprint density at radius 3 is 2.19 bits per heavy atom. The maximum absolute atomic E-state index is 11.5. The molecule has 1 saturated heterocycles. The highest BCUT2D eigenvalue weighted by atomic mass is 32.2. The molecule has 0 spiro atoms. The second kappa shape index (κ2) is 3.96. The Bertz CT molecular complexity index is 359. The third kappa shape index (κ3) is 1.89. The summed E-state index contributed by atoms with van der Waals surface area (Å²) in [6.07, 6.45) is 5.39. The Morgan fingerprint density at radius 2 is 1.75 bits per heavy atom. The molecule has 0 bridgehead atoms. The van der Waals surface area contributed by atoms with Crippen LogP contribution in [-0.2, 0) is 9.84 Å². The highest BCUT2D eigenvalue weighted by Crippen LogP contribution is 2.48. The molecule has 94 valence electrons. The maximum atomic E-state index is 11.5. The molecule has 1 saturated carbocycles. The Kier molecular flexibility index (Phi) is 3.05. The number of aliphatic hydroxyl groups is 1. The van der Waals surface area contributed by atoms with E-state index in [1.807, 2.05) is 0 Å². The number of hydrogen-bond donors (Lipinski definition) is 2. The van der Waals surface area contributed by atoms with Crippen molar-refractivity contribution in [1.29, 1.82) is 0 Å². The average Bonchev–Trinajstić information content (AvgIpc) is 2.55. The molecule has 2 aliphatic rings. The summed E-state index contributed by atoms with van der Waals surface area (Å²) in [7, 11) is -3.06. The lowest BCUT2D eigenvalue weighted by Gasteiger charge is -2.46. The third-order valence-corrected chi connectivity index (χ3v) is 6.22. The summed E-state index contributed by atoms with van der Waals surface area (Å²) in [4.78, 5) is 0. The summed E-state index contributed by atoms with van der Waals surface area (Å²) >= 11 is 0. The first-order valence-corrected chi connectivity index (χ1v) is 7.88. The van der Waals surface area contributed by atoms with E-state index in [2.05, 4.69) is 0 Å². The quantitative estimate of drug-likeness (QED) is 0.742. The van der Waals surface area contributed by atoms with Gasteiger partial charge in [-0.25, -0.2) is 8.42 Å². The van der Waals surface area contributed by atoms with Crippen molar-refractivity contribution in [2.24, 2.45) is 11.1 Å². The van der Waals surface area contributed by atoms with Gasteiger partial charge in [0.15, 0.2) is 9.84 Å². The predicted molar refractivity (Wildman–Crippen MR) is 62.8 cm³/mol. The zero-order valence-corrected chi connectivity index (χ0v) is 10.4. The fourth-order valence-electron chi connectivity index (χ4n) is 3.34. The minimum Gasteiger partial charge on any atom is -0.388 e. The van der Waals surface area contributed by atoms with E-state index in [-0.39, 0.29) is 16.9 Å². The molecule has 0 aromatic carbocycles. The molecule has 3 N–H and O–H groups in total. The normalized spacial score (nSPS) is 37.4. The lowest BCUT2D eigenvalue weighted by Crippen LogP contribution is -2.54. The Labute approximate surface area is 97.1 Å². The molecule has 5 heteroatoms. The molecule has 0 amide bonds. The van der Waals surface area contributed by atoms with Crippen LogP contribution >= 0.6 is 0 Å². The van der Waals surface area contributed by atoms with Crippen molar-refractivity contribution in [2.75, 3.05) is 18.1 Å². The number of rotatable bonds is 2. The van der Waals surface area contributed by atoms with Gasteiger partial charge in [-0.15, -0.1) is 0 Å². The molecule has 1 heterocycles. The van der Waals surface area contributed by atoms with E-state index < -0.39 is 15.4 Å². The molecule has 1 unspecified atom stereocenters. The fraction of sp³-hybridized carbons (Fsp3) is 1.00. The van der Waals surface area contributed by atoms with Crippen LogP contribution in [0.15, 0.2) is 0 Å². The van der Waals surface area contributed by atoms with E-state index in [9.17, 15) is 13.5 Å². The minimum absolute atomic E-state index is 0.0861. The molecule has 1 atom stereocenters. The highest BCUT2D eigenvalue weighted by molar-refractivity contribution is 7.91. The van der Waals surface area contributed by atoms with Gasteiger partial charge in [-0.05, 0) is 19.3 Å². The zero-order chi connectivity index (χ0) is 11.9. The summed E-state index contributed by atoms with van der Waals surface area (Å²) < 4.78 is 23.1. The van der Waals surface area contributed by atoms with Crippen molar-refractivity contribution >= 4 is 9.84 Å². The van der Waals surface area contributed by atoms with Crippen LogP contribution in [0.5, 0.6) is 0 Å². The Hall–Kier alpha value is -0.130. The van der Waals surface area contributed by atoms with E-state index in [0.717, 1.165) is 25.7 Å². The van der Waals surface area contributed by atoms with Gasteiger partial charge in [-0.3, -0.25) is 0 Å². The van der Waals surface area contributed by atoms with E-state index in [4.69, 9.17) is 5.73 Å². The van der Waals surface area contributed by atoms with Crippen molar-refractivity contribution in [1.82, 2.24) is 0 Å². The first-order valence-electron chi connectivity index (χ1n) is 6.06. The number of hydrogen-bond acceptors (Lipinski definition) is 4. The fourth-order valence-corrected chi connectivity index (χ4v) is 5.31. The summed E-state index contributed by atoms with van der Waals surface area (Å²) in [5.74, 6) is 0.0302. The van der Waals surface area contributed by atoms with Crippen LogP contribution in [0.3, 0.4) is 0 Å². The molecule has 2 fully saturated rings. The summed E-state index contributed by atoms with van der Waals surface area (Å²) in [6.45, 7) is 0.402.